The molecule has 1 N–H and O–H groups in total. The summed E-state index contributed by atoms with van der Waals surface area (Å²) in [7, 11) is 0. The summed E-state index contributed by atoms with van der Waals surface area (Å²) in [6.07, 6.45) is -5.69. The maximum Gasteiger partial charge on any atom is 0.426 e. The maximum atomic E-state index is 14.0. The quantitative estimate of drug-likeness (QED) is 0.417. The number of hydrogen-bond donors (Lipinski definition) is 1. The summed E-state index contributed by atoms with van der Waals surface area (Å²) in [5.41, 5.74) is -5.52. The summed E-state index contributed by atoms with van der Waals surface area (Å²) in [5.74, 6) is -5.96. The Bertz CT molecular complexity index is 680. The molecule has 0 aliphatic heterocycles. The molecule has 1 saturated carbocycles. The van der Waals surface area contributed by atoms with Gasteiger partial charge in [-0.05, 0) is 18.9 Å². The fraction of sp³-hybridized carbons (Fsp3) is 0.500. The number of hydrogen-bond acceptors (Lipinski definition) is 4. The number of allylic oxidation sites excluding steroid dienone is 3. The van der Waals surface area contributed by atoms with E-state index in [-0.39, 0.29) is 6.04 Å². The second-order valence-corrected chi connectivity index (χ2v) is 6.00. The van der Waals surface area contributed by atoms with Crippen molar-refractivity contribution in [3.8, 4) is 0 Å². The third kappa shape index (κ3) is 4.35. The standard InChI is InChI=1S/C16H15F6NO3/c1-2-12(24)26-7-11(23-8-3-4-8)14(25)13-9(17)5-15(19,6-10(13)18)16(20,21)22/h2,5,8,11,23H,1,3-4,6-7H2. The van der Waals surface area contributed by atoms with Gasteiger partial charge in [-0.25, -0.2) is 18.0 Å². The Kier molecular flexibility index (Phi) is 5.64. The van der Waals surface area contributed by atoms with Gasteiger partial charge in [0, 0.05) is 18.5 Å². The van der Waals surface area contributed by atoms with E-state index in [9.17, 15) is 35.9 Å². The lowest BCUT2D eigenvalue weighted by molar-refractivity contribution is -0.213. The van der Waals surface area contributed by atoms with E-state index >= 15 is 0 Å². The predicted molar refractivity (Wildman–Crippen MR) is 77.9 cm³/mol. The van der Waals surface area contributed by atoms with Gasteiger partial charge in [0.1, 0.15) is 24.3 Å². The summed E-state index contributed by atoms with van der Waals surface area (Å²) in [6.45, 7) is 2.54. The zero-order chi connectivity index (χ0) is 19.7. The molecule has 2 aliphatic rings. The molecule has 4 nitrogen and oxygen atoms in total. The van der Waals surface area contributed by atoms with E-state index in [0.717, 1.165) is 6.08 Å². The summed E-state index contributed by atoms with van der Waals surface area (Å²) >= 11 is 0. The van der Waals surface area contributed by atoms with Crippen LogP contribution in [0.4, 0.5) is 26.3 Å². The highest BCUT2D eigenvalue weighted by molar-refractivity contribution is 6.03. The molecular formula is C16H15F6NO3. The minimum Gasteiger partial charge on any atom is -0.460 e. The van der Waals surface area contributed by atoms with E-state index in [4.69, 9.17) is 0 Å². The van der Waals surface area contributed by atoms with E-state index in [2.05, 4.69) is 16.6 Å². The fourth-order valence-electron chi connectivity index (χ4n) is 2.33. The molecule has 2 unspecified atom stereocenters. The van der Waals surface area contributed by atoms with Gasteiger partial charge < -0.3 is 10.1 Å². The first kappa shape index (κ1) is 20.2. The van der Waals surface area contributed by atoms with Crippen molar-refractivity contribution in [2.45, 2.75) is 43.2 Å². The Balaban J connectivity index is 2.24. The van der Waals surface area contributed by atoms with Gasteiger partial charge in [-0.15, -0.1) is 0 Å². The van der Waals surface area contributed by atoms with Gasteiger partial charge in [-0.2, -0.15) is 13.2 Å². The second kappa shape index (κ2) is 7.26. The second-order valence-electron chi connectivity index (χ2n) is 6.00. The van der Waals surface area contributed by atoms with Crippen molar-refractivity contribution in [2.24, 2.45) is 0 Å². The van der Waals surface area contributed by atoms with Crippen LogP contribution in [0.3, 0.4) is 0 Å². The number of ether oxygens (including phenoxy) is 1. The van der Waals surface area contributed by atoms with E-state index in [1.807, 2.05) is 0 Å². The van der Waals surface area contributed by atoms with E-state index < -0.39 is 66.0 Å². The average Bonchev–Trinajstić information content (AvgIpc) is 3.32. The van der Waals surface area contributed by atoms with Crippen LogP contribution >= 0.6 is 0 Å². The molecule has 2 aliphatic carbocycles. The largest absolute Gasteiger partial charge is 0.460 e. The molecule has 0 aromatic carbocycles. The monoisotopic (exact) mass is 383 g/mol. The molecule has 2 atom stereocenters. The van der Waals surface area contributed by atoms with Crippen LogP contribution in [0.25, 0.3) is 0 Å². The van der Waals surface area contributed by atoms with Crippen molar-refractivity contribution in [1.82, 2.24) is 5.32 Å². The lowest BCUT2D eigenvalue weighted by atomic mass is 9.88. The van der Waals surface area contributed by atoms with Crippen molar-refractivity contribution >= 4 is 11.8 Å². The highest BCUT2D eigenvalue weighted by atomic mass is 19.4. The summed E-state index contributed by atoms with van der Waals surface area (Å²) in [5, 5.41) is 2.69. The SMILES string of the molecule is C=CC(=O)OCC(NC1CC1)C(=O)C1=C(F)CC(F)(C(F)(F)F)C=C1F. The van der Waals surface area contributed by atoms with Crippen LogP contribution in [0.2, 0.25) is 0 Å². The molecule has 0 bridgehead atoms. The Hall–Kier alpha value is -2.10. The number of Topliss-reactive ketones (excluding diaryl/α,β-unsaturated/α-hetero) is 1. The predicted octanol–water partition coefficient (Wildman–Crippen LogP) is 3.16. The first-order valence-corrected chi connectivity index (χ1v) is 7.61. The summed E-state index contributed by atoms with van der Waals surface area (Å²) < 4.78 is 84.5. The van der Waals surface area contributed by atoms with Gasteiger partial charge in [0.15, 0.2) is 5.78 Å². The highest BCUT2D eigenvalue weighted by Gasteiger charge is 2.58. The number of carbonyl (C=O) groups excluding carboxylic acids is 2. The van der Waals surface area contributed by atoms with Crippen molar-refractivity contribution in [3.63, 3.8) is 0 Å². The number of halogens is 6. The van der Waals surface area contributed by atoms with Gasteiger partial charge in [-0.3, -0.25) is 4.79 Å². The molecule has 0 radical (unpaired) electrons. The lowest BCUT2D eigenvalue weighted by Crippen LogP contribution is -2.45. The van der Waals surface area contributed by atoms with Crippen LogP contribution in [0, 0.1) is 0 Å². The van der Waals surface area contributed by atoms with Gasteiger partial charge in [0.2, 0.25) is 5.67 Å². The molecule has 10 heteroatoms. The molecule has 2 rings (SSSR count). The topological polar surface area (TPSA) is 55.4 Å². The molecule has 0 heterocycles. The molecule has 1 fully saturated rings. The molecule has 0 spiro atoms. The molecule has 26 heavy (non-hydrogen) atoms. The van der Waals surface area contributed by atoms with E-state index in [1.165, 1.54) is 0 Å². The zero-order valence-electron chi connectivity index (χ0n) is 13.3. The number of alkyl halides is 4. The third-order valence-corrected chi connectivity index (χ3v) is 3.89. The number of rotatable bonds is 7. The molecule has 144 valence electrons. The van der Waals surface area contributed by atoms with Crippen LogP contribution < -0.4 is 5.32 Å². The summed E-state index contributed by atoms with van der Waals surface area (Å²) in [6, 6.07) is -1.54. The molecule has 0 saturated heterocycles. The van der Waals surface area contributed by atoms with Gasteiger partial charge in [0.05, 0.1) is 5.57 Å². The van der Waals surface area contributed by atoms with Crippen molar-refractivity contribution in [3.05, 3.63) is 36.0 Å². The zero-order valence-corrected chi connectivity index (χ0v) is 13.3. The van der Waals surface area contributed by atoms with Crippen LogP contribution in [0.5, 0.6) is 0 Å². The molecule has 0 amide bonds. The minimum absolute atomic E-state index is 0.152. The molecule has 0 aromatic heterocycles. The van der Waals surface area contributed by atoms with Crippen molar-refractivity contribution < 1.29 is 40.7 Å². The Morgan fingerprint density at radius 1 is 1.38 bits per heavy atom. The fourth-order valence-corrected chi connectivity index (χ4v) is 2.33. The number of ketones is 1. The van der Waals surface area contributed by atoms with Crippen molar-refractivity contribution in [2.75, 3.05) is 6.61 Å². The maximum absolute atomic E-state index is 14.0. The smallest absolute Gasteiger partial charge is 0.426 e. The molecular weight excluding hydrogens is 368 g/mol. The highest BCUT2D eigenvalue weighted by Crippen LogP contribution is 2.46. The van der Waals surface area contributed by atoms with Crippen LogP contribution in [-0.2, 0) is 14.3 Å². The lowest BCUT2D eigenvalue weighted by Gasteiger charge is -2.28. The van der Waals surface area contributed by atoms with Gasteiger partial charge in [0.25, 0.3) is 0 Å². The van der Waals surface area contributed by atoms with Crippen LogP contribution in [0.1, 0.15) is 19.3 Å². The third-order valence-electron chi connectivity index (χ3n) is 3.89. The van der Waals surface area contributed by atoms with Crippen molar-refractivity contribution in [1.29, 1.82) is 0 Å². The number of carbonyl (C=O) groups is 2. The molecule has 0 aromatic rings. The average molecular weight is 383 g/mol. The number of nitrogens with one attached hydrogen (secondary N) is 1. The minimum atomic E-state index is -5.54. The van der Waals surface area contributed by atoms with E-state index in [1.54, 1.807) is 0 Å². The number of esters is 1. The Morgan fingerprint density at radius 2 is 2.00 bits per heavy atom. The normalized spacial score (nSPS) is 24.8. The van der Waals surface area contributed by atoms with Gasteiger partial charge in [-0.1, -0.05) is 6.58 Å². The first-order valence-electron chi connectivity index (χ1n) is 7.61. The van der Waals surface area contributed by atoms with E-state index in [0.29, 0.717) is 12.8 Å². The van der Waals surface area contributed by atoms with Crippen LogP contribution in [-0.4, -0.2) is 42.3 Å². The Morgan fingerprint density at radius 3 is 2.46 bits per heavy atom. The van der Waals surface area contributed by atoms with Crippen LogP contribution in [0.15, 0.2) is 36.0 Å². The summed E-state index contributed by atoms with van der Waals surface area (Å²) in [4.78, 5) is 23.5. The Labute approximate surface area is 144 Å². The first-order chi connectivity index (χ1) is 12.0. The van der Waals surface area contributed by atoms with Gasteiger partial charge >= 0.3 is 12.1 Å².